The molecule has 0 radical (unpaired) electrons. The molecule has 28 heavy (non-hydrogen) atoms. The topological polar surface area (TPSA) is 117 Å². The van der Waals surface area contributed by atoms with Gasteiger partial charge in [-0.3, -0.25) is 9.59 Å². The van der Waals surface area contributed by atoms with Gasteiger partial charge < -0.3 is 19.9 Å². The molecule has 144 valence electrons. The average Bonchev–Trinajstić information content (AvgIpc) is 2.66. The zero-order valence-corrected chi connectivity index (χ0v) is 15.5. The lowest BCUT2D eigenvalue weighted by Crippen LogP contribution is -2.13. The van der Waals surface area contributed by atoms with Crippen molar-refractivity contribution < 1.29 is 24.2 Å². The van der Waals surface area contributed by atoms with Gasteiger partial charge in [-0.25, -0.2) is 4.79 Å². The van der Waals surface area contributed by atoms with Crippen LogP contribution in [0.3, 0.4) is 0 Å². The van der Waals surface area contributed by atoms with E-state index in [2.05, 4.69) is 5.32 Å². The van der Waals surface area contributed by atoms with E-state index in [4.69, 9.17) is 9.52 Å². The molecule has 0 aliphatic carbocycles. The third-order valence-corrected chi connectivity index (χ3v) is 4.95. The van der Waals surface area contributed by atoms with Crippen LogP contribution >= 0.6 is 11.8 Å². The van der Waals surface area contributed by atoms with Gasteiger partial charge in [-0.15, -0.1) is 11.8 Å². The Morgan fingerprint density at radius 2 is 1.79 bits per heavy atom. The molecule has 1 heterocycles. The third kappa shape index (κ3) is 5.14. The number of amides is 1. The number of fused-ring (bicyclic) bond motifs is 1. The summed E-state index contributed by atoms with van der Waals surface area (Å²) in [6, 6.07) is 13.4. The predicted molar refractivity (Wildman–Crippen MR) is 106 cm³/mol. The molecule has 8 heteroatoms. The molecule has 0 atom stereocenters. The first-order valence-electron chi connectivity index (χ1n) is 8.41. The molecule has 3 aromatic rings. The molecule has 3 N–H and O–H groups in total. The zero-order valence-electron chi connectivity index (χ0n) is 14.7. The molecule has 7 nitrogen and oxygen atoms in total. The van der Waals surface area contributed by atoms with Gasteiger partial charge in [0, 0.05) is 39.8 Å². The van der Waals surface area contributed by atoms with Gasteiger partial charge in [-0.05, 0) is 42.5 Å². The van der Waals surface area contributed by atoms with Gasteiger partial charge in [-0.2, -0.15) is 0 Å². The molecule has 0 unspecified atom stereocenters. The highest BCUT2D eigenvalue weighted by Gasteiger charge is 2.08. The summed E-state index contributed by atoms with van der Waals surface area (Å²) in [6.07, 6.45) is -0.297. The number of hydrogen-bond donors (Lipinski definition) is 3. The molecule has 2 aromatic carbocycles. The highest BCUT2D eigenvalue weighted by Crippen LogP contribution is 2.25. The minimum atomic E-state index is -1.02. The Bertz CT molecular complexity index is 1070. The minimum absolute atomic E-state index is 0.0351. The Morgan fingerprint density at radius 1 is 1.04 bits per heavy atom. The number of hydrogen-bond acceptors (Lipinski definition) is 6. The average molecular weight is 399 g/mol. The molecule has 1 amide bonds. The minimum Gasteiger partial charge on any atom is -0.508 e. The van der Waals surface area contributed by atoms with Crippen LogP contribution in [0.1, 0.15) is 18.4 Å². The van der Waals surface area contributed by atoms with Gasteiger partial charge in [0.25, 0.3) is 0 Å². The lowest BCUT2D eigenvalue weighted by molar-refractivity contribution is -0.138. The van der Waals surface area contributed by atoms with Crippen LogP contribution in [0, 0.1) is 0 Å². The standard InChI is InChI=1S/C20H17NO6S/c22-15-4-1-12-9-13(20(26)27-17(12)10-15)11-28-16-5-2-14(3-6-16)21-18(23)7-8-19(24)25/h1-6,9-10,22H,7-8,11H2,(H,21,23)(H,24,25). The molecule has 3 rings (SSSR count). The van der Waals surface area contributed by atoms with E-state index in [0.717, 1.165) is 10.3 Å². The van der Waals surface area contributed by atoms with Crippen molar-refractivity contribution in [1.82, 2.24) is 0 Å². The maximum atomic E-state index is 12.1. The lowest BCUT2D eigenvalue weighted by atomic mass is 10.2. The number of aromatic hydroxyl groups is 1. The van der Waals surface area contributed by atoms with E-state index in [-0.39, 0.29) is 24.5 Å². The Labute approximate surface area is 164 Å². The van der Waals surface area contributed by atoms with Crippen LogP contribution in [0.2, 0.25) is 0 Å². The number of aliphatic carboxylic acids is 1. The Morgan fingerprint density at radius 3 is 2.50 bits per heavy atom. The summed E-state index contributed by atoms with van der Waals surface area (Å²) in [4.78, 5) is 35.1. The maximum Gasteiger partial charge on any atom is 0.340 e. The van der Waals surface area contributed by atoms with Crippen molar-refractivity contribution in [2.24, 2.45) is 0 Å². The van der Waals surface area contributed by atoms with Gasteiger partial charge >= 0.3 is 11.6 Å². The normalized spacial score (nSPS) is 10.7. The number of carbonyl (C=O) groups is 2. The quantitative estimate of drug-likeness (QED) is 0.410. The smallest absolute Gasteiger partial charge is 0.340 e. The first kappa shape index (κ1) is 19.5. The number of benzene rings is 2. The maximum absolute atomic E-state index is 12.1. The van der Waals surface area contributed by atoms with Gasteiger partial charge in [-0.1, -0.05) is 0 Å². The van der Waals surface area contributed by atoms with Gasteiger partial charge in [0.15, 0.2) is 0 Å². The van der Waals surface area contributed by atoms with Gasteiger partial charge in [0.05, 0.1) is 6.42 Å². The summed E-state index contributed by atoms with van der Waals surface area (Å²) in [7, 11) is 0. The number of thioether (sulfide) groups is 1. The number of phenolic OH excluding ortho intramolecular Hbond substituents is 1. The Hall–Kier alpha value is -3.26. The van der Waals surface area contributed by atoms with Crippen molar-refractivity contribution in [1.29, 1.82) is 0 Å². The summed E-state index contributed by atoms with van der Waals surface area (Å²) in [5.41, 5.74) is 0.966. The van der Waals surface area contributed by atoms with Crippen molar-refractivity contribution in [3.63, 3.8) is 0 Å². The van der Waals surface area contributed by atoms with Crippen molar-refractivity contribution in [2.75, 3.05) is 5.32 Å². The van der Waals surface area contributed by atoms with E-state index in [1.807, 2.05) is 0 Å². The van der Waals surface area contributed by atoms with E-state index in [9.17, 15) is 19.5 Å². The summed E-state index contributed by atoms with van der Waals surface area (Å²) < 4.78 is 5.25. The zero-order chi connectivity index (χ0) is 20.1. The molecule has 0 saturated heterocycles. The molecule has 0 spiro atoms. The first-order chi connectivity index (χ1) is 13.4. The van der Waals surface area contributed by atoms with Crippen molar-refractivity contribution in [3.05, 3.63) is 64.5 Å². The third-order valence-electron chi connectivity index (χ3n) is 3.89. The molecule has 0 aliphatic heterocycles. The number of phenols is 1. The summed E-state index contributed by atoms with van der Waals surface area (Å²) >= 11 is 1.44. The molecule has 1 aromatic heterocycles. The van der Waals surface area contributed by atoms with E-state index in [1.54, 1.807) is 36.4 Å². The number of carboxylic acid groups (broad SMARTS) is 1. The lowest BCUT2D eigenvalue weighted by Gasteiger charge is -2.06. The first-order valence-corrected chi connectivity index (χ1v) is 9.39. The fourth-order valence-electron chi connectivity index (χ4n) is 2.48. The molecule has 0 aliphatic rings. The number of nitrogens with one attached hydrogen (secondary N) is 1. The SMILES string of the molecule is O=C(O)CCC(=O)Nc1ccc(SCc2cc3ccc(O)cc3oc2=O)cc1. The second kappa shape index (κ2) is 8.62. The van der Waals surface area contributed by atoms with E-state index in [1.165, 1.54) is 23.9 Å². The summed E-state index contributed by atoms with van der Waals surface area (Å²) in [5, 5.41) is 21.4. The summed E-state index contributed by atoms with van der Waals surface area (Å²) in [6.45, 7) is 0. The van der Waals surface area contributed by atoms with Crippen molar-refractivity contribution >= 4 is 40.3 Å². The van der Waals surface area contributed by atoms with Crippen LogP contribution in [0.4, 0.5) is 5.69 Å². The summed E-state index contributed by atoms with van der Waals surface area (Å²) in [5.74, 6) is -0.934. The van der Waals surface area contributed by atoms with Crippen molar-refractivity contribution in [3.8, 4) is 5.75 Å². The Kier molecular flexibility index (Phi) is 6.00. The van der Waals surface area contributed by atoms with E-state index < -0.39 is 11.6 Å². The van der Waals surface area contributed by atoms with Crippen molar-refractivity contribution in [2.45, 2.75) is 23.5 Å². The highest BCUT2D eigenvalue weighted by atomic mass is 32.2. The molecular weight excluding hydrogens is 382 g/mol. The predicted octanol–water partition coefficient (Wildman–Crippen LogP) is 3.59. The molecule has 0 bridgehead atoms. The largest absolute Gasteiger partial charge is 0.508 e. The molecular formula is C20H17NO6S. The van der Waals surface area contributed by atoms with Crippen LogP contribution in [-0.4, -0.2) is 22.1 Å². The molecule has 0 fully saturated rings. The van der Waals surface area contributed by atoms with Crippen LogP contribution in [-0.2, 0) is 15.3 Å². The van der Waals surface area contributed by atoms with Gasteiger partial charge in [0.1, 0.15) is 11.3 Å². The fraction of sp³-hybridized carbons (Fsp3) is 0.150. The fourth-order valence-corrected chi connectivity index (χ4v) is 3.33. The second-order valence-electron chi connectivity index (χ2n) is 6.04. The number of anilines is 1. The number of carbonyl (C=O) groups excluding carboxylic acids is 1. The van der Waals surface area contributed by atoms with Crippen LogP contribution in [0.5, 0.6) is 5.75 Å². The van der Waals surface area contributed by atoms with Crippen LogP contribution in [0.15, 0.2) is 62.6 Å². The van der Waals surface area contributed by atoms with Gasteiger partial charge in [0.2, 0.25) is 5.91 Å². The van der Waals surface area contributed by atoms with E-state index >= 15 is 0 Å². The monoisotopic (exact) mass is 399 g/mol. The van der Waals surface area contributed by atoms with Crippen LogP contribution in [0.25, 0.3) is 11.0 Å². The number of carboxylic acids is 1. The Balaban J connectivity index is 1.62. The highest BCUT2D eigenvalue weighted by molar-refractivity contribution is 7.98. The number of rotatable bonds is 7. The second-order valence-corrected chi connectivity index (χ2v) is 7.08. The molecule has 0 saturated carbocycles. The van der Waals surface area contributed by atoms with E-state index in [0.29, 0.717) is 22.6 Å². The van der Waals surface area contributed by atoms with Crippen LogP contribution < -0.4 is 10.9 Å².